The molecular formula is C13H10IN3O5S. The van der Waals surface area contributed by atoms with Crippen LogP contribution in [0.1, 0.15) is 10.4 Å². The first kappa shape index (κ1) is 17.3. The summed E-state index contributed by atoms with van der Waals surface area (Å²) in [5, 5.41) is 10.9. The van der Waals surface area contributed by atoms with E-state index in [-0.39, 0.29) is 5.56 Å². The first-order chi connectivity index (χ1) is 10.8. The molecule has 1 amide bonds. The van der Waals surface area contributed by atoms with E-state index in [0.29, 0.717) is 0 Å². The van der Waals surface area contributed by atoms with Crippen LogP contribution >= 0.6 is 22.6 Å². The van der Waals surface area contributed by atoms with Gasteiger partial charge in [-0.2, -0.15) is 0 Å². The summed E-state index contributed by atoms with van der Waals surface area (Å²) in [5.41, 5.74) is 1.69. The van der Waals surface area contributed by atoms with Gasteiger partial charge in [0.05, 0.1) is 4.92 Å². The van der Waals surface area contributed by atoms with Gasteiger partial charge < -0.3 is 0 Å². The molecule has 2 N–H and O–H groups in total. The van der Waals surface area contributed by atoms with Crippen molar-refractivity contribution in [1.29, 1.82) is 0 Å². The Labute approximate surface area is 145 Å². The van der Waals surface area contributed by atoms with Gasteiger partial charge in [0, 0.05) is 15.2 Å². The van der Waals surface area contributed by atoms with Gasteiger partial charge in [0.15, 0.2) is 4.90 Å². The van der Waals surface area contributed by atoms with Gasteiger partial charge in [-0.15, -0.1) is 4.83 Å². The van der Waals surface area contributed by atoms with Gasteiger partial charge in [0.2, 0.25) is 0 Å². The molecule has 8 nitrogen and oxygen atoms in total. The lowest BCUT2D eigenvalue weighted by Crippen LogP contribution is -2.41. The van der Waals surface area contributed by atoms with Crippen LogP contribution in [0.4, 0.5) is 5.69 Å². The van der Waals surface area contributed by atoms with Crippen molar-refractivity contribution in [2.45, 2.75) is 4.90 Å². The van der Waals surface area contributed by atoms with Crippen LogP contribution < -0.4 is 10.3 Å². The molecule has 10 heteroatoms. The Balaban J connectivity index is 2.18. The zero-order chi connectivity index (χ0) is 17.0. The lowest BCUT2D eigenvalue weighted by atomic mass is 10.2. The van der Waals surface area contributed by atoms with Crippen LogP contribution in [0.2, 0.25) is 0 Å². The Morgan fingerprint density at radius 1 is 1.09 bits per heavy atom. The highest BCUT2D eigenvalue weighted by atomic mass is 127. The van der Waals surface area contributed by atoms with E-state index in [1.54, 1.807) is 12.1 Å². The molecule has 0 aliphatic heterocycles. The molecule has 2 aromatic rings. The number of nitrogens with one attached hydrogen (secondary N) is 2. The molecule has 0 radical (unpaired) electrons. The molecule has 0 saturated heterocycles. The Morgan fingerprint density at radius 3 is 2.30 bits per heavy atom. The van der Waals surface area contributed by atoms with Crippen molar-refractivity contribution >= 4 is 44.2 Å². The van der Waals surface area contributed by atoms with E-state index in [1.807, 2.05) is 10.3 Å². The second-order valence-electron chi connectivity index (χ2n) is 4.29. The zero-order valence-corrected chi connectivity index (χ0v) is 14.4. The lowest BCUT2D eigenvalue weighted by Gasteiger charge is -2.08. The smallest absolute Gasteiger partial charge is 0.273 e. The van der Waals surface area contributed by atoms with Crippen molar-refractivity contribution in [2.75, 3.05) is 0 Å². The third kappa shape index (κ3) is 4.24. The fourth-order valence-corrected chi connectivity index (χ4v) is 3.05. The summed E-state index contributed by atoms with van der Waals surface area (Å²) in [4.78, 5) is 23.3. The Bertz CT molecular complexity index is 852. The molecule has 0 fully saturated rings. The first-order valence-electron chi connectivity index (χ1n) is 6.12. The highest BCUT2D eigenvalue weighted by molar-refractivity contribution is 14.1. The molecule has 0 aliphatic carbocycles. The van der Waals surface area contributed by atoms with Crippen LogP contribution in [0.3, 0.4) is 0 Å². The van der Waals surface area contributed by atoms with E-state index in [1.165, 1.54) is 24.3 Å². The Hall–Kier alpha value is -2.05. The molecule has 0 saturated carbocycles. The number of carbonyl (C=O) groups excluding carboxylic acids is 1. The second-order valence-corrected chi connectivity index (χ2v) is 7.19. The maximum absolute atomic E-state index is 12.1. The molecule has 2 aromatic carbocycles. The van der Waals surface area contributed by atoms with Gasteiger partial charge in [-0.05, 0) is 52.9 Å². The van der Waals surface area contributed by atoms with Crippen LogP contribution in [0.15, 0.2) is 53.4 Å². The molecule has 0 bridgehead atoms. The third-order valence-electron chi connectivity index (χ3n) is 2.76. The van der Waals surface area contributed by atoms with Crippen molar-refractivity contribution < 1.29 is 18.1 Å². The number of hydrogen-bond acceptors (Lipinski definition) is 5. The number of rotatable bonds is 5. The van der Waals surface area contributed by atoms with Gasteiger partial charge in [-0.3, -0.25) is 20.3 Å². The number of amides is 1. The number of carbonyl (C=O) groups is 1. The van der Waals surface area contributed by atoms with Gasteiger partial charge in [-0.25, -0.2) is 8.42 Å². The van der Waals surface area contributed by atoms with E-state index in [9.17, 15) is 23.3 Å². The third-order valence-corrected chi connectivity index (χ3v) is 4.77. The molecule has 23 heavy (non-hydrogen) atoms. The maximum atomic E-state index is 12.1. The summed E-state index contributed by atoms with van der Waals surface area (Å²) < 4.78 is 25.1. The number of para-hydroxylation sites is 1. The molecule has 0 unspecified atom stereocenters. The molecule has 0 aromatic heterocycles. The molecular weight excluding hydrogens is 437 g/mol. The normalized spacial score (nSPS) is 11.0. The summed E-state index contributed by atoms with van der Waals surface area (Å²) in [7, 11) is -4.27. The van der Waals surface area contributed by atoms with Gasteiger partial charge in [0.1, 0.15) is 0 Å². The monoisotopic (exact) mass is 447 g/mol. The minimum Gasteiger partial charge on any atom is -0.273 e. The number of hydrazine groups is 1. The van der Waals surface area contributed by atoms with E-state index >= 15 is 0 Å². The highest BCUT2D eigenvalue weighted by Gasteiger charge is 2.25. The second kappa shape index (κ2) is 7.02. The molecule has 0 heterocycles. The molecule has 120 valence electrons. The summed E-state index contributed by atoms with van der Waals surface area (Å²) in [6.45, 7) is 0. The van der Waals surface area contributed by atoms with Crippen LogP contribution in [0.25, 0.3) is 0 Å². The number of halogens is 1. The van der Waals surface area contributed by atoms with Crippen LogP contribution in [0, 0.1) is 13.7 Å². The lowest BCUT2D eigenvalue weighted by molar-refractivity contribution is -0.387. The van der Waals surface area contributed by atoms with Gasteiger partial charge >= 0.3 is 0 Å². The minimum absolute atomic E-state index is 0.246. The summed E-state index contributed by atoms with van der Waals surface area (Å²) >= 11 is 2.06. The number of nitro benzene ring substituents is 1. The van der Waals surface area contributed by atoms with Crippen molar-refractivity contribution in [2.24, 2.45) is 0 Å². The Kier molecular flexibility index (Phi) is 5.28. The average Bonchev–Trinajstić information content (AvgIpc) is 2.53. The first-order valence-corrected chi connectivity index (χ1v) is 8.68. The van der Waals surface area contributed by atoms with Crippen molar-refractivity contribution in [1.82, 2.24) is 10.3 Å². The number of hydrogen-bond donors (Lipinski definition) is 2. The average molecular weight is 447 g/mol. The van der Waals surface area contributed by atoms with Crippen molar-refractivity contribution in [3.63, 3.8) is 0 Å². The number of nitrogens with zero attached hydrogens (tertiary/aromatic N) is 1. The number of nitro groups is 1. The van der Waals surface area contributed by atoms with E-state index < -0.39 is 31.4 Å². The van der Waals surface area contributed by atoms with E-state index in [4.69, 9.17) is 0 Å². The van der Waals surface area contributed by atoms with Gasteiger partial charge in [-0.1, -0.05) is 12.1 Å². The standard InChI is InChI=1S/C13H10IN3O5S/c14-10-7-5-9(6-8-10)13(18)15-16-23(21,22)12-4-2-1-3-11(12)17(19)20/h1-8,16H,(H,15,18). The predicted octanol–water partition coefficient (Wildman–Crippen LogP) is 1.82. The SMILES string of the molecule is O=C(NNS(=O)(=O)c1ccccc1[N+](=O)[O-])c1ccc(I)cc1. The molecule has 2 rings (SSSR count). The van der Waals surface area contributed by atoms with E-state index in [0.717, 1.165) is 15.7 Å². The largest absolute Gasteiger partial charge is 0.289 e. The summed E-state index contributed by atoms with van der Waals surface area (Å²) in [5.74, 6) is -0.677. The number of benzene rings is 2. The minimum atomic E-state index is -4.27. The molecule has 0 atom stereocenters. The number of sulfonamides is 1. The van der Waals surface area contributed by atoms with E-state index in [2.05, 4.69) is 22.6 Å². The molecule has 0 aliphatic rings. The van der Waals surface area contributed by atoms with Crippen molar-refractivity contribution in [3.05, 3.63) is 67.8 Å². The summed E-state index contributed by atoms with van der Waals surface area (Å²) in [6, 6.07) is 11.3. The van der Waals surface area contributed by atoms with Gasteiger partial charge in [0.25, 0.3) is 21.6 Å². The predicted molar refractivity (Wildman–Crippen MR) is 90.0 cm³/mol. The van der Waals surface area contributed by atoms with Crippen molar-refractivity contribution in [3.8, 4) is 0 Å². The quantitative estimate of drug-likeness (QED) is 0.412. The Morgan fingerprint density at radius 2 is 1.70 bits per heavy atom. The fourth-order valence-electron chi connectivity index (χ4n) is 1.68. The topological polar surface area (TPSA) is 118 Å². The molecule has 0 spiro atoms. The maximum Gasteiger partial charge on any atom is 0.289 e. The zero-order valence-electron chi connectivity index (χ0n) is 11.4. The highest BCUT2D eigenvalue weighted by Crippen LogP contribution is 2.22. The van der Waals surface area contributed by atoms with Crippen LogP contribution in [-0.2, 0) is 10.0 Å². The summed E-state index contributed by atoms with van der Waals surface area (Å²) in [6.07, 6.45) is 0. The fraction of sp³-hybridized carbons (Fsp3) is 0. The van der Waals surface area contributed by atoms with Crippen LogP contribution in [0.5, 0.6) is 0 Å². The van der Waals surface area contributed by atoms with Crippen LogP contribution in [-0.4, -0.2) is 19.2 Å².